The zero-order valence-corrected chi connectivity index (χ0v) is 16.2. The second kappa shape index (κ2) is 9.41. The number of ether oxygens (including phenoxy) is 1. The van der Waals surface area contributed by atoms with Gasteiger partial charge in [0.25, 0.3) is 11.8 Å². The third-order valence-electron chi connectivity index (χ3n) is 4.32. The van der Waals surface area contributed by atoms with E-state index in [4.69, 9.17) is 9.15 Å². The van der Waals surface area contributed by atoms with Gasteiger partial charge in [-0.1, -0.05) is 30.3 Å². The standard InChI is InChI=1S/C23H22N2O4/c1-16(17-7-4-3-5-8-17)24-23(27)21(15-20-9-6-14-29-20)25-22(26)18-10-12-19(28-2)13-11-18/h3-16H,1-2H3,(H,24,27)(H,25,26)/b21-15+. The van der Waals surface area contributed by atoms with Crippen LogP contribution >= 0.6 is 0 Å². The van der Waals surface area contributed by atoms with Crippen LogP contribution in [0.1, 0.15) is 34.6 Å². The van der Waals surface area contributed by atoms with Crippen molar-refractivity contribution in [1.29, 1.82) is 0 Å². The van der Waals surface area contributed by atoms with E-state index in [1.165, 1.54) is 12.3 Å². The fourth-order valence-corrected chi connectivity index (χ4v) is 2.71. The number of rotatable bonds is 7. The molecule has 0 saturated heterocycles. The van der Waals surface area contributed by atoms with Gasteiger partial charge in [-0.2, -0.15) is 0 Å². The lowest BCUT2D eigenvalue weighted by atomic mass is 10.1. The molecule has 1 atom stereocenters. The van der Waals surface area contributed by atoms with Crippen LogP contribution in [0.4, 0.5) is 0 Å². The zero-order chi connectivity index (χ0) is 20.6. The van der Waals surface area contributed by atoms with Gasteiger partial charge in [-0.05, 0) is 48.9 Å². The zero-order valence-electron chi connectivity index (χ0n) is 16.2. The number of hydrogen-bond donors (Lipinski definition) is 2. The van der Waals surface area contributed by atoms with Crippen molar-refractivity contribution in [1.82, 2.24) is 10.6 Å². The lowest BCUT2D eigenvalue weighted by Crippen LogP contribution is -2.36. The molecular formula is C23H22N2O4. The van der Waals surface area contributed by atoms with E-state index >= 15 is 0 Å². The van der Waals surface area contributed by atoms with Gasteiger partial charge in [0.05, 0.1) is 19.4 Å². The third-order valence-corrected chi connectivity index (χ3v) is 4.32. The molecular weight excluding hydrogens is 368 g/mol. The smallest absolute Gasteiger partial charge is 0.268 e. The van der Waals surface area contributed by atoms with E-state index in [0.717, 1.165) is 5.56 Å². The van der Waals surface area contributed by atoms with E-state index in [0.29, 0.717) is 17.1 Å². The number of benzene rings is 2. The van der Waals surface area contributed by atoms with E-state index in [1.54, 1.807) is 43.5 Å². The minimum absolute atomic E-state index is 0.0866. The highest BCUT2D eigenvalue weighted by Gasteiger charge is 2.18. The fraction of sp³-hybridized carbons (Fsp3) is 0.130. The minimum Gasteiger partial charge on any atom is -0.497 e. The van der Waals surface area contributed by atoms with Gasteiger partial charge < -0.3 is 19.8 Å². The molecule has 3 rings (SSSR count). The topological polar surface area (TPSA) is 80.6 Å². The van der Waals surface area contributed by atoms with Gasteiger partial charge >= 0.3 is 0 Å². The molecule has 1 heterocycles. The molecule has 2 aromatic carbocycles. The fourth-order valence-electron chi connectivity index (χ4n) is 2.71. The Balaban J connectivity index is 1.79. The summed E-state index contributed by atoms with van der Waals surface area (Å²) in [6.45, 7) is 1.88. The van der Waals surface area contributed by atoms with Crippen LogP contribution in [-0.4, -0.2) is 18.9 Å². The number of hydrogen-bond acceptors (Lipinski definition) is 4. The molecule has 0 aliphatic heterocycles. The first-order valence-electron chi connectivity index (χ1n) is 9.13. The molecule has 6 nitrogen and oxygen atoms in total. The van der Waals surface area contributed by atoms with Crippen molar-refractivity contribution in [2.75, 3.05) is 7.11 Å². The molecule has 0 bridgehead atoms. The normalized spacial score (nSPS) is 12.1. The average molecular weight is 390 g/mol. The van der Waals surface area contributed by atoms with Crippen LogP contribution in [-0.2, 0) is 4.79 Å². The molecule has 0 radical (unpaired) electrons. The van der Waals surface area contributed by atoms with E-state index < -0.39 is 11.8 Å². The predicted molar refractivity (Wildman–Crippen MR) is 110 cm³/mol. The summed E-state index contributed by atoms with van der Waals surface area (Å²) < 4.78 is 10.4. The van der Waals surface area contributed by atoms with Gasteiger partial charge in [-0.3, -0.25) is 9.59 Å². The summed E-state index contributed by atoms with van der Waals surface area (Å²) in [4.78, 5) is 25.5. The summed E-state index contributed by atoms with van der Waals surface area (Å²) >= 11 is 0. The number of nitrogens with one attached hydrogen (secondary N) is 2. The van der Waals surface area contributed by atoms with Crippen molar-refractivity contribution in [3.63, 3.8) is 0 Å². The maximum Gasteiger partial charge on any atom is 0.268 e. The van der Waals surface area contributed by atoms with Crippen molar-refractivity contribution >= 4 is 17.9 Å². The number of carbonyl (C=O) groups is 2. The van der Waals surface area contributed by atoms with E-state index in [2.05, 4.69) is 10.6 Å². The first-order valence-corrected chi connectivity index (χ1v) is 9.13. The molecule has 0 spiro atoms. The first-order chi connectivity index (χ1) is 14.1. The quantitative estimate of drug-likeness (QED) is 0.599. The maximum atomic E-state index is 12.9. The van der Waals surface area contributed by atoms with Gasteiger partial charge in [-0.15, -0.1) is 0 Å². The van der Waals surface area contributed by atoms with E-state index in [-0.39, 0.29) is 11.7 Å². The summed E-state index contributed by atoms with van der Waals surface area (Å²) in [5.74, 6) is 0.271. The highest BCUT2D eigenvalue weighted by molar-refractivity contribution is 6.05. The van der Waals surface area contributed by atoms with Crippen LogP contribution in [0.15, 0.2) is 83.1 Å². The van der Waals surface area contributed by atoms with Gasteiger partial charge in [-0.25, -0.2) is 0 Å². The molecule has 1 unspecified atom stereocenters. The van der Waals surface area contributed by atoms with Crippen LogP contribution in [0.2, 0.25) is 0 Å². The molecule has 29 heavy (non-hydrogen) atoms. The van der Waals surface area contributed by atoms with E-state index in [9.17, 15) is 9.59 Å². The van der Waals surface area contributed by atoms with Crippen molar-refractivity contribution in [3.05, 3.63) is 95.6 Å². The van der Waals surface area contributed by atoms with Crippen molar-refractivity contribution in [3.8, 4) is 5.75 Å². The maximum absolute atomic E-state index is 12.9. The highest BCUT2D eigenvalue weighted by Crippen LogP contribution is 2.15. The second-order valence-corrected chi connectivity index (χ2v) is 6.36. The van der Waals surface area contributed by atoms with Gasteiger partial charge in [0.1, 0.15) is 17.2 Å². The van der Waals surface area contributed by atoms with Gasteiger partial charge in [0.15, 0.2) is 0 Å². The van der Waals surface area contributed by atoms with Gasteiger partial charge in [0.2, 0.25) is 0 Å². The summed E-state index contributed by atoms with van der Waals surface area (Å²) in [6.07, 6.45) is 2.99. The Hall–Kier alpha value is -3.80. The molecule has 0 saturated carbocycles. The lowest BCUT2D eigenvalue weighted by Gasteiger charge is -2.16. The molecule has 2 N–H and O–H groups in total. The molecule has 148 valence electrons. The summed E-state index contributed by atoms with van der Waals surface area (Å²) in [5, 5.41) is 5.58. The molecule has 3 aromatic rings. The molecule has 6 heteroatoms. The Kier molecular flexibility index (Phi) is 6.47. The monoisotopic (exact) mass is 390 g/mol. The van der Waals surface area contributed by atoms with Crippen LogP contribution in [0.25, 0.3) is 6.08 Å². The first kappa shape index (κ1) is 19.9. The molecule has 1 aromatic heterocycles. The molecule has 2 amide bonds. The van der Waals surface area contributed by atoms with E-state index in [1.807, 2.05) is 37.3 Å². The minimum atomic E-state index is -0.417. The summed E-state index contributed by atoms with van der Waals surface area (Å²) in [6, 6.07) is 19.4. The Labute approximate surface area is 169 Å². The highest BCUT2D eigenvalue weighted by atomic mass is 16.5. The molecule has 0 aliphatic rings. The van der Waals surface area contributed by atoms with Crippen molar-refractivity contribution < 1.29 is 18.7 Å². The SMILES string of the molecule is COc1ccc(C(=O)N/C(=C/c2ccco2)C(=O)NC(C)c2ccccc2)cc1. The Bertz CT molecular complexity index is 977. The lowest BCUT2D eigenvalue weighted by molar-refractivity contribution is -0.118. The van der Waals surface area contributed by atoms with Crippen molar-refractivity contribution in [2.24, 2.45) is 0 Å². The molecule has 0 fully saturated rings. The molecule has 0 aliphatic carbocycles. The second-order valence-electron chi connectivity index (χ2n) is 6.36. The Morgan fingerprint density at radius 3 is 2.34 bits per heavy atom. The Morgan fingerprint density at radius 2 is 1.72 bits per heavy atom. The number of amides is 2. The third kappa shape index (κ3) is 5.35. The Morgan fingerprint density at radius 1 is 1.00 bits per heavy atom. The van der Waals surface area contributed by atoms with Gasteiger partial charge in [0, 0.05) is 11.6 Å². The van der Waals surface area contributed by atoms with Crippen molar-refractivity contribution in [2.45, 2.75) is 13.0 Å². The number of methoxy groups -OCH3 is 1. The number of furan rings is 1. The predicted octanol–water partition coefficient (Wildman–Crippen LogP) is 3.94. The number of carbonyl (C=O) groups excluding carboxylic acids is 2. The largest absolute Gasteiger partial charge is 0.497 e. The van der Waals surface area contributed by atoms with Crippen LogP contribution in [0.5, 0.6) is 5.75 Å². The van der Waals surface area contributed by atoms with Crippen LogP contribution in [0, 0.1) is 0 Å². The summed E-state index contributed by atoms with van der Waals surface area (Å²) in [5.41, 5.74) is 1.45. The average Bonchev–Trinajstić information content (AvgIpc) is 3.27. The van der Waals surface area contributed by atoms with Crippen LogP contribution < -0.4 is 15.4 Å². The van der Waals surface area contributed by atoms with Crippen LogP contribution in [0.3, 0.4) is 0 Å². The summed E-state index contributed by atoms with van der Waals surface area (Å²) in [7, 11) is 1.55.